The lowest BCUT2D eigenvalue weighted by Gasteiger charge is -2.02. The molecule has 0 aromatic carbocycles. The Morgan fingerprint density at radius 3 is 2.86 bits per heavy atom. The van der Waals surface area contributed by atoms with Gasteiger partial charge in [-0.05, 0) is 25.7 Å². The number of carbonyl (C=O) groups excluding carboxylic acids is 1. The molecule has 0 amide bonds. The highest BCUT2D eigenvalue weighted by atomic mass is 16.5. The lowest BCUT2D eigenvalue weighted by molar-refractivity contribution is -0.104. The van der Waals surface area contributed by atoms with Crippen molar-refractivity contribution in [2.24, 2.45) is 10.9 Å². The van der Waals surface area contributed by atoms with Crippen LogP contribution in [0, 0.1) is 5.92 Å². The van der Waals surface area contributed by atoms with Crippen LogP contribution in [0.2, 0.25) is 0 Å². The SMILES string of the molecule is C=C(/C=N\C(C=O)=C/C)OCC1CC1. The lowest BCUT2D eigenvalue weighted by atomic mass is 10.4. The normalized spacial score (nSPS) is 17.1. The van der Waals surface area contributed by atoms with Crippen molar-refractivity contribution in [2.75, 3.05) is 6.61 Å². The number of hydrogen-bond donors (Lipinski definition) is 0. The largest absolute Gasteiger partial charge is 0.492 e. The van der Waals surface area contributed by atoms with Crippen LogP contribution in [-0.4, -0.2) is 19.1 Å². The van der Waals surface area contributed by atoms with E-state index in [0.29, 0.717) is 23.7 Å². The van der Waals surface area contributed by atoms with Crippen molar-refractivity contribution in [1.82, 2.24) is 0 Å². The number of hydrogen-bond acceptors (Lipinski definition) is 3. The Hall–Kier alpha value is -1.38. The van der Waals surface area contributed by atoms with Crippen LogP contribution in [0.25, 0.3) is 0 Å². The minimum absolute atomic E-state index is 0.390. The molecular formula is C11H15NO2. The average molecular weight is 193 g/mol. The first-order chi connectivity index (χ1) is 6.76. The molecule has 1 aliphatic rings. The van der Waals surface area contributed by atoms with Gasteiger partial charge >= 0.3 is 0 Å². The van der Waals surface area contributed by atoms with E-state index in [4.69, 9.17) is 4.74 Å². The Kier molecular flexibility index (Phi) is 4.11. The number of carbonyl (C=O) groups is 1. The number of aliphatic imine (C=N–C) groups is 1. The molecule has 1 saturated carbocycles. The van der Waals surface area contributed by atoms with E-state index in [0.717, 1.165) is 6.61 Å². The van der Waals surface area contributed by atoms with Crippen molar-refractivity contribution in [3.63, 3.8) is 0 Å². The highest BCUT2D eigenvalue weighted by Gasteiger charge is 2.21. The Morgan fingerprint density at radius 2 is 2.36 bits per heavy atom. The molecule has 0 aliphatic heterocycles. The van der Waals surface area contributed by atoms with Crippen LogP contribution >= 0.6 is 0 Å². The molecule has 0 aromatic rings. The molecule has 0 spiro atoms. The zero-order chi connectivity index (χ0) is 10.4. The molecule has 0 atom stereocenters. The van der Waals surface area contributed by atoms with Gasteiger partial charge < -0.3 is 4.74 Å². The topological polar surface area (TPSA) is 38.7 Å². The van der Waals surface area contributed by atoms with Gasteiger partial charge in [-0.3, -0.25) is 4.79 Å². The molecule has 3 heteroatoms. The van der Waals surface area contributed by atoms with Gasteiger partial charge in [0.2, 0.25) is 0 Å². The minimum Gasteiger partial charge on any atom is -0.492 e. The maximum atomic E-state index is 10.4. The van der Waals surface area contributed by atoms with Gasteiger partial charge in [-0.15, -0.1) is 0 Å². The predicted octanol–water partition coefficient (Wildman–Crippen LogP) is 2.10. The van der Waals surface area contributed by atoms with Gasteiger partial charge in [0.15, 0.2) is 6.29 Å². The second-order valence-corrected chi connectivity index (χ2v) is 3.31. The predicted molar refractivity (Wildman–Crippen MR) is 56.1 cm³/mol. The second-order valence-electron chi connectivity index (χ2n) is 3.31. The zero-order valence-corrected chi connectivity index (χ0v) is 8.40. The standard InChI is InChI=1S/C11H15NO2/c1-3-11(7-13)12-6-9(2)14-8-10-4-5-10/h3,6-7,10H,2,4-5,8H2,1H3/b11-3-,12-6-. The van der Waals surface area contributed by atoms with Gasteiger partial charge in [0.25, 0.3) is 0 Å². The van der Waals surface area contributed by atoms with Crippen LogP contribution in [0.15, 0.2) is 29.1 Å². The van der Waals surface area contributed by atoms with Gasteiger partial charge in [0.1, 0.15) is 5.76 Å². The summed E-state index contributed by atoms with van der Waals surface area (Å²) >= 11 is 0. The third-order valence-corrected chi connectivity index (χ3v) is 1.98. The second kappa shape index (κ2) is 5.37. The van der Waals surface area contributed by atoms with Crippen LogP contribution in [0.5, 0.6) is 0 Å². The molecule has 0 bridgehead atoms. The summed E-state index contributed by atoms with van der Waals surface area (Å²) in [5.74, 6) is 1.21. The van der Waals surface area contributed by atoms with Crippen molar-refractivity contribution < 1.29 is 9.53 Å². The summed E-state index contributed by atoms with van der Waals surface area (Å²) in [6.45, 7) is 6.16. The first-order valence-corrected chi connectivity index (χ1v) is 4.73. The van der Waals surface area contributed by atoms with Crippen LogP contribution in [0.1, 0.15) is 19.8 Å². The Balaban J connectivity index is 2.26. The first-order valence-electron chi connectivity index (χ1n) is 4.73. The van der Waals surface area contributed by atoms with Gasteiger partial charge in [-0.25, -0.2) is 4.99 Å². The van der Waals surface area contributed by atoms with Gasteiger partial charge in [0, 0.05) is 0 Å². The smallest absolute Gasteiger partial charge is 0.168 e. The summed E-state index contributed by atoms with van der Waals surface area (Å²) in [6.07, 6.45) is 6.31. The highest BCUT2D eigenvalue weighted by molar-refractivity contribution is 5.82. The van der Waals surface area contributed by atoms with E-state index in [1.54, 1.807) is 13.0 Å². The highest BCUT2D eigenvalue weighted by Crippen LogP contribution is 2.29. The van der Waals surface area contributed by atoms with Crippen molar-refractivity contribution in [1.29, 1.82) is 0 Å². The van der Waals surface area contributed by atoms with E-state index in [9.17, 15) is 4.79 Å². The quantitative estimate of drug-likeness (QED) is 0.280. The van der Waals surface area contributed by atoms with E-state index >= 15 is 0 Å². The fraction of sp³-hybridized carbons (Fsp3) is 0.455. The molecule has 1 aliphatic carbocycles. The Morgan fingerprint density at radius 1 is 1.64 bits per heavy atom. The molecule has 1 fully saturated rings. The average Bonchev–Trinajstić information content (AvgIpc) is 3.00. The van der Waals surface area contributed by atoms with Crippen LogP contribution in [0.4, 0.5) is 0 Å². The van der Waals surface area contributed by atoms with E-state index < -0.39 is 0 Å². The minimum atomic E-state index is 0.390. The molecular weight excluding hydrogens is 178 g/mol. The molecule has 0 aromatic heterocycles. The van der Waals surface area contributed by atoms with Crippen molar-refractivity contribution in [3.8, 4) is 0 Å². The maximum absolute atomic E-state index is 10.4. The van der Waals surface area contributed by atoms with Crippen LogP contribution < -0.4 is 0 Å². The third-order valence-electron chi connectivity index (χ3n) is 1.98. The van der Waals surface area contributed by atoms with Gasteiger partial charge in [-0.2, -0.15) is 0 Å². The van der Waals surface area contributed by atoms with Crippen LogP contribution in [-0.2, 0) is 9.53 Å². The van der Waals surface area contributed by atoms with E-state index in [1.165, 1.54) is 19.1 Å². The molecule has 0 saturated heterocycles. The molecule has 3 nitrogen and oxygen atoms in total. The van der Waals surface area contributed by atoms with Crippen LogP contribution in [0.3, 0.4) is 0 Å². The molecule has 0 radical (unpaired) electrons. The molecule has 14 heavy (non-hydrogen) atoms. The van der Waals surface area contributed by atoms with Crippen molar-refractivity contribution in [2.45, 2.75) is 19.8 Å². The Labute approximate surface area is 84.2 Å². The first kappa shape index (κ1) is 10.7. The third kappa shape index (κ3) is 4.03. The summed E-state index contributed by atoms with van der Waals surface area (Å²) < 4.78 is 5.32. The number of aldehydes is 1. The summed E-state index contributed by atoms with van der Waals surface area (Å²) in [5, 5.41) is 0. The number of ether oxygens (including phenoxy) is 1. The zero-order valence-electron chi connectivity index (χ0n) is 8.40. The number of allylic oxidation sites excluding steroid dienone is 3. The van der Waals surface area contributed by atoms with E-state index in [-0.39, 0.29) is 0 Å². The summed E-state index contributed by atoms with van der Waals surface area (Å²) in [7, 11) is 0. The summed E-state index contributed by atoms with van der Waals surface area (Å²) in [6, 6.07) is 0. The van der Waals surface area contributed by atoms with Crippen molar-refractivity contribution >= 4 is 12.5 Å². The monoisotopic (exact) mass is 193 g/mol. The fourth-order valence-corrected chi connectivity index (χ4v) is 0.866. The molecule has 0 N–H and O–H groups in total. The van der Waals surface area contributed by atoms with Crippen molar-refractivity contribution in [3.05, 3.63) is 24.1 Å². The fourth-order valence-electron chi connectivity index (χ4n) is 0.866. The maximum Gasteiger partial charge on any atom is 0.168 e. The summed E-state index contributed by atoms with van der Waals surface area (Å²) in [5.41, 5.74) is 0.390. The molecule has 1 rings (SSSR count). The van der Waals surface area contributed by atoms with E-state index in [1.807, 2.05) is 0 Å². The van der Waals surface area contributed by atoms with Gasteiger partial charge in [-0.1, -0.05) is 12.7 Å². The Bertz CT molecular complexity index is 275. The molecule has 0 unspecified atom stereocenters. The molecule has 0 heterocycles. The number of nitrogens with zero attached hydrogens (tertiary/aromatic N) is 1. The number of rotatable bonds is 6. The van der Waals surface area contributed by atoms with E-state index in [2.05, 4.69) is 11.6 Å². The molecule has 76 valence electrons. The lowest BCUT2D eigenvalue weighted by Crippen LogP contribution is -1.96. The van der Waals surface area contributed by atoms with Gasteiger partial charge in [0.05, 0.1) is 18.5 Å². The summed E-state index contributed by atoms with van der Waals surface area (Å²) in [4.78, 5) is 14.3.